The Bertz CT molecular complexity index is 552. The Balaban J connectivity index is 2.33. The predicted molar refractivity (Wildman–Crippen MR) is 80.0 cm³/mol. The van der Waals surface area contributed by atoms with Crippen LogP contribution in [-0.2, 0) is 0 Å². The molecule has 0 radical (unpaired) electrons. The third-order valence-electron chi connectivity index (χ3n) is 3.51. The fourth-order valence-electron chi connectivity index (χ4n) is 2.45. The van der Waals surface area contributed by atoms with Crippen molar-refractivity contribution in [3.8, 4) is 0 Å². The molecule has 0 saturated heterocycles. The number of hydrogen-bond donors (Lipinski definition) is 1. The molecule has 2 nitrogen and oxygen atoms in total. The molecule has 2 aromatic rings. The molecular weight excluding hydrogens is 270 g/mol. The third kappa shape index (κ3) is 4.08. The number of aromatic nitrogens is 1. The zero-order valence-corrected chi connectivity index (χ0v) is 12.3. The molecule has 0 fully saturated rings. The van der Waals surface area contributed by atoms with Crippen LogP contribution < -0.4 is 5.32 Å². The van der Waals surface area contributed by atoms with Gasteiger partial charge < -0.3 is 5.32 Å². The van der Waals surface area contributed by atoms with E-state index in [1.165, 1.54) is 12.1 Å². The van der Waals surface area contributed by atoms with Gasteiger partial charge in [0.05, 0.1) is 0 Å². The molecule has 0 spiro atoms. The lowest BCUT2D eigenvalue weighted by atomic mass is 9.91. The molecule has 0 bridgehead atoms. The molecular formula is C17H20F2N2. The van der Waals surface area contributed by atoms with Crippen LogP contribution in [0.4, 0.5) is 8.78 Å². The lowest BCUT2D eigenvalue weighted by Crippen LogP contribution is -2.27. The van der Waals surface area contributed by atoms with Crippen LogP contribution in [0.5, 0.6) is 0 Å². The van der Waals surface area contributed by atoms with Gasteiger partial charge in [0.15, 0.2) is 0 Å². The molecule has 0 aliphatic heterocycles. The summed E-state index contributed by atoms with van der Waals surface area (Å²) in [5, 5.41) is 3.37. The fraction of sp³-hybridized carbons (Fsp3) is 0.353. The van der Waals surface area contributed by atoms with Gasteiger partial charge in [-0.15, -0.1) is 0 Å². The number of nitrogens with zero attached hydrogens (tertiary/aromatic N) is 1. The van der Waals surface area contributed by atoms with Crippen molar-refractivity contribution in [2.45, 2.75) is 32.2 Å². The predicted octanol–water partition coefficient (Wildman–Crippen LogP) is 4.20. The van der Waals surface area contributed by atoms with Crippen LogP contribution in [0.3, 0.4) is 0 Å². The minimum atomic E-state index is -0.554. The highest BCUT2D eigenvalue weighted by Crippen LogP contribution is 2.30. The molecule has 0 aliphatic carbocycles. The zero-order chi connectivity index (χ0) is 15.2. The maximum Gasteiger partial charge on any atom is 0.126 e. The molecule has 1 aromatic heterocycles. The minimum Gasteiger partial charge on any atom is -0.309 e. The van der Waals surface area contributed by atoms with Gasteiger partial charge in [-0.05, 0) is 42.8 Å². The molecule has 1 N–H and O–H groups in total. The van der Waals surface area contributed by atoms with Crippen molar-refractivity contribution in [2.24, 2.45) is 0 Å². The normalized spacial score (nSPS) is 13.9. The average molecular weight is 290 g/mol. The quantitative estimate of drug-likeness (QED) is 0.862. The van der Waals surface area contributed by atoms with Gasteiger partial charge in [-0.2, -0.15) is 0 Å². The Kier molecular flexibility index (Phi) is 5.39. The first kappa shape index (κ1) is 15.6. The van der Waals surface area contributed by atoms with E-state index in [9.17, 15) is 8.78 Å². The maximum atomic E-state index is 13.5. The highest BCUT2D eigenvalue weighted by molar-refractivity contribution is 5.25. The highest BCUT2D eigenvalue weighted by atomic mass is 19.1. The molecule has 2 rings (SSSR count). The summed E-state index contributed by atoms with van der Waals surface area (Å²) in [6, 6.07) is 9.19. The van der Waals surface area contributed by atoms with E-state index in [4.69, 9.17) is 0 Å². The second-order valence-corrected chi connectivity index (χ2v) is 5.18. The first-order valence-electron chi connectivity index (χ1n) is 7.22. The van der Waals surface area contributed by atoms with Gasteiger partial charge in [-0.25, -0.2) is 8.78 Å². The van der Waals surface area contributed by atoms with E-state index in [0.29, 0.717) is 5.56 Å². The molecule has 0 amide bonds. The summed E-state index contributed by atoms with van der Waals surface area (Å²) in [7, 11) is 0. The number of benzene rings is 1. The number of rotatable bonds is 6. The fourth-order valence-corrected chi connectivity index (χ4v) is 2.45. The van der Waals surface area contributed by atoms with E-state index in [-0.39, 0.29) is 12.0 Å². The Hall–Kier alpha value is -1.81. The van der Waals surface area contributed by atoms with Crippen LogP contribution in [0.25, 0.3) is 0 Å². The van der Waals surface area contributed by atoms with Crippen molar-refractivity contribution in [2.75, 3.05) is 6.54 Å². The zero-order valence-electron chi connectivity index (χ0n) is 12.3. The Labute approximate surface area is 124 Å². The smallest absolute Gasteiger partial charge is 0.126 e. The maximum absolute atomic E-state index is 13.5. The summed E-state index contributed by atoms with van der Waals surface area (Å²) in [4.78, 5) is 4.35. The second-order valence-electron chi connectivity index (χ2n) is 5.18. The first-order chi connectivity index (χ1) is 10.1. The van der Waals surface area contributed by atoms with Crippen molar-refractivity contribution >= 4 is 0 Å². The van der Waals surface area contributed by atoms with Crippen LogP contribution in [0, 0.1) is 11.6 Å². The van der Waals surface area contributed by atoms with Crippen LogP contribution in [-0.4, -0.2) is 11.5 Å². The molecule has 21 heavy (non-hydrogen) atoms. The summed E-state index contributed by atoms with van der Waals surface area (Å²) in [6.45, 7) is 4.85. The van der Waals surface area contributed by atoms with Crippen LogP contribution >= 0.6 is 0 Å². The molecule has 112 valence electrons. The van der Waals surface area contributed by atoms with Gasteiger partial charge >= 0.3 is 0 Å². The average Bonchev–Trinajstić information content (AvgIpc) is 2.47. The van der Waals surface area contributed by atoms with E-state index < -0.39 is 11.6 Å². The van der Waals surface area contributed by atoms with Crippen LogP contribution in [0.15, 0.2) is 42.6 Å². The summed E-state index contributed by atoms with van der Waals surface area (Å²) < 4.78 is 27.0. The molecule has 2 unspecified atom stereocenters. The Morgan fingerprint density at radius 1 is 1.14 bits per heavy atom. The summed E-state index contributed by atoms with van der Waals surface area (Å²) in [5.74, 6) is -1.10. The van der Waals surface area contributed by atoms with Gasteiger partial charge in [-0.1, -0.05) is 19.9 Å². The molecule has 1 aromatic carbocycles. The standard InChI is InChI=1S/C17H20F2N2/c1-3-7-21-17(12(2)16-6-4-5-8-20-16)13-9-14(18)11-15(19)10-13/h4-6,8-12,17,21H,3,7H2,1-2H3. The van der Waals surface area contributed by atoms with Crippen molar-refractivity contribution in [1.82, 2.24) is 10.3 Å². The number of halogens is 2. The van der Waals surface area contributed by atoms with Crippen molar-refractivity contribution in [1.29, 1.82) is 0 Å². The molecule has 1 heterocycles. The molecule has 2 atom stereocenters. The van der Waals surface area contributed by atoms with Gasteiger partial charge in [-0.3, -0.25) is 4.98 Å². The molecule has 4 heteroatoms. The Morgan fingerprint density at radius 2 is 1.86 bits per heavy atom. The number of pyridine rings is 1. The van der Waals surface area contributed by atoms with Gasteiger partial charge in [0.25, 0.3) is 0 Å². The summed E-state index contributed by atoms with van der Waals surface area (Å²) in [6.07, 6.45) is 2.68. The summed E-state index contributed by atoms with van der Waals surface area (Å²) >= 11 is 0. The van der Waals surface area contributed by atoms with E-state index in [2.05, 4.69) is 17.2 Å². The number of hydrogen-bond acceptors (Lipinski definition) is 2. The van der Waals surface area contributed by atoms with Crippen molar-refractivity contribution < 1.29 is 8.78 Å². The van der Waals surface area contributed by atoms with Crippen molar-refractivity contribution in [3.63, 3.8) is 0 Å². The van der Waals surface area contributed by atoms with Crippen LogP contribution in [0.1, 0.15) is 43.5 Å². The van der Waals surface area contributed by atoms with E-state index >= 15 is 0 Å². The lowest BCUT2D eigenvalue weighted by molar-refractivity contribution is 0.454. The molecule has 0 saturated carbocycles. The van der Waals surface area contributed by atoms with E-state index in [1.807, 2.05) is 25.1 Å². The molecule has 0 aliphatic rings. The SMILES string of the molecule is CCCNC(c1cc(F)cc(F)c1)C(C)c1ccccn1. The van der Waals surface area contributed by atoms with Crippen LogP contribution in [0.2, 0.25) is 0 Å². The van der Waals surface area contributed by atoms with Gasteiger partial charge in [0.1, 0.15) is 11.6 Å². The van der Waals surface area contributed by atoms with Crippen molar-refractivity contribution in [3.05, 3.63) is 65.5 Å². The topological polar surface area (TPSA) is 24.9 Å². The van der Waals surface area contributed by atoms with Gasteiger partial charge in [0, 0.05) is 29.9 Å². The monoisotopic (exact) mass is 290 g/mol. The van der Waals surface area contributed by atoms with E-state index in [1.54, 1.807) is 6.20 Å². The lowest BCUT2D eigenvalue weighted by Gasteiger charge is -2.25. The third-order valence-corrected chi connectivity index (χ3v) is 3.51. The summed E-state index contributed by atoms with van der Waals surface area (Å²) in [5.41, 5.74) is 1.51. The first-order valence-corrected chi connectivity index (χ1v) is 7.22. The van der Waals surface area contributed by atoms with Gasteiger partial charge in [0.2, 0.25) is 0 Å². The van der Waals surface area contributed by atoms with E-state index in [0.717, 1.165) is 24.7 Å². The Morgan fingerprint density at radius 3 is 2.43 bits per heavy atom. The second kappa shape index (κ2) is 7.27. The minimum absolute atomic E-state index is 0.0129. The largest absolute Gasteiger partial charge is 0.309 e. The highest BCUT2D eigenvalue weighted by Gasteiger charge is 2.22. The number of nitrogens with one attached hydrogen (secondary N) is 1.